The highest BCUT2D eigenvalue weighted by Crippen LogP contribution is 2.36. The van der Waals surface area contributed by atoms with Gasteiger partial charge in [0.15, 0.2) is 0 Å². The molecule has 0 aliphatic heterocycles. The van der Waals surface area contributed by atoms with Crippen LogP contribution in [0, 0.1) is 0 Å². The van der Waals surface area contributed by atoms with Gasteiger partial charge in [-0.05, 0) is 49.6 Å². The van der Waals surface area contributed by atoms with E-state index in [9.17, 15) is 0 Å². The summed E-state index contributed by atoms with van der Waals surface area (Å²) in [6.07, 6.45) is 0.929. The van der Waals surface area contributed by atoms with Crippen LogP contribution in [0.4, 0.5) is 0 Å². The van der Waals surface area contributed by atoms with Crippen molar-refractivity contribution in [3.63, 3.8) is 0 Å². The molecule has 0 radical (unpaired) electrons. The summed E-state index contributed by atoms with van der Waals surface area (Å²) in [5.41, 5.74) is 12.2. The Morgan fingerprint density at radius 2 is 1.78 bits per heavy atom. The summed E-state index contributed by atoms with van der Waals surface area (Å²) in [4.78, 5) is 0. The van der Waals surface area contributed by atoms with Crippen LogP contribution in [-0.2, 0) is 19.6 Å². The molecule has 2 N–H and O–H groups in total. The molecule has 3 aromatic carbocycles. The number of nitrogens with zero attached hydrogens (tertiary/aromatic N) is 2. The minimum Gasteiger partial charge on any atom is -0.496 e. The maximum atomic E-state index is 6.23. The van der Waals surface area contributed by atoms with Crippen molar-refractivity contribution < 1.29 is 9.47 Å². The standard InChI is InChI=1S/C27H31N3O2/c1-5-19-9-6-7-12-26(19)32-17-24-23-15-20(13-14-25(23)30(29-24)18(2)3)22-11-8-10-21(16-28)27(22)31-4/h6-15,18H,5,16-17,28H2,1-4H3. The Morgan fingerprint density at radius 3 is 2.50 bits per heavy atom. The van der Waals surface area contributed by atoms with E-state index in [0.29, 0.717) is 13.2 Å². The maximum Gasteiger partial charge on any atom is 0.133 e. The van der Waals surface area contributed by atoms with Crippen molar-refractivity contribution in [2.45, 2.75) is 46.4 Å². The second-order valence-corrected chi connectivity index (χ2v) is 8.17. The highest BCUT2D eigenvalue weighted by Gasteiger charge is 2.17. The van der Waals surface area contributed by atoms with Gasteiger partial charge in [-0.15, -0.1) is 0 Å². The zero-order valence-corrected chi connectivity index (χ0v) is 19.3. The molecule has 0 saturated carbocycles. The van der Waals surface area contributed by atoms with Gasteiger partial charge in [0.1, 0.15) is 23.8 Å². The fourth-order valence-electron chi connectivity index (χ4n) is 4.17. The lowest BCUT2D eigenvalue weighted by Crippen LogP contribution is -2.04. The van der Waals surface area contributed by atoms with E-state index in [-0.39, 0.29) is 6.04 Å². The van der Waals surface area contributed by atoms with Crippen LogP contribution in [-0.4, -0.2) is 16.9 Å². The van der Waals surface area contributed by atoms with Gasteiger partial charge in [0.25, 0.3) is 0 Å². The number of aryl methyl sites for hydroxylation is 1. The van der Waals surface area contributed by atoms with E-state index in [2.05, 4.69) is 55.8 Å². The lowest BCUT2D eigenvalue weighted by atomic mass is 9.99. The van der Waals surface area contributed by atoms with Crippen molar-refractivity contribution in [1.29, 1.82) is 0 Å². The molecule has 1 heterocycles. The number of benzene rings is 3. The Hall–Kier alpha value is -3.31. The first-order chi connectivity index (χ1) is 15.6. The Morgan fingerprint density at radius 1 is 1.00 bits per heavy atom. The smallest absolute Gasteiger partial charge is 0.133 e. The number of rotatable bonds is 8. The van der Waals surface area contributed by atoms with Crippen molar-refractivity contribution in [3.8, 4) is 22.6 Å². The first kappa shape index (κ1) is 21.9. The molecule has 0 aliphatic carbocycles. The molecule has 0 bridgehead atoms. The third-order valence-corrected chi connectivity index (χ3v) is 5.82. The molecule has 0 spiro atoms. The predicted molar refractivity (Wildman–Crippen MR) is 130 cm³/mol. The van der Waals surface area contributed by atoms with Crippen LogP contribution >= 0.6 is 0 Å². The number of methoxy groups -OCH3 is 1. The molecule has 0 fully saturated rings. The van der Waals surface area contributed by atoms with Crippen molar-refractivity contribution >= 4 is 10.9 Å². The molecule has 0 aliphatic rings. The Bertz CT molecular complexity index is 1230. The average Bonchev–Trinajstić information content (AvgIpc) is 3.20. The van der Waals surface area contributed by atoms with Crippen LogP contribution in [0.1, 0.15) is 43.6 Å². The minimum atomic E-state index is 0.245. The second-order valence-electron chi connectivity index (χ2n) is 8.17. The van der Waals surface area contributed by atoms with E-state index in [1.165, 1.54) is 5.56 Å². The van der Waals surface area contributed by atoms with E-state index in [1.54, 1.807) is 7.11 Å². The molecule has 0 amide bonds. The monoisotopic (exact) mass is 429 g/mol. The predicted octanol–water partition coefficient (Wildman–Crippen LogP) is 5.89. The molecule has 0 atom stereocenters. The van der Waals surface area contributed by atoms with Gasteiger partial charge in [0.2, 0.25) is 0 Å². The number of hydrogen-bond acceptors (Lipinski definition) is 4. The van der Waals surface area contributed by atoms with Crippen molar-refractivity contribution in [3.05, 3.63) is 77.5 Å². The van der Waals surface area contributed by atoms with E-state index in [1.807, 2.05) is 30.3 Å². The van der Waals surface area contributed by atoms with Gasteiger partial charge < -0.3 is 15.2 Å². The van der Waals surface area contributed by atoms with Crippen LogP contribution in [0.5, 0.6) is 11.5 Å². The fraction of sp³-hybridized carbons (Fsp3) is 0.296. The number of para-hydroxylation sites is 2. The summed E-state index contributed by atoms with van der Waals surface area (Å²) in [6.45, 7) is 7.27. The molecule has 5 nitrogen and oxygen atoms in total. The summed E-state index contributed by atoms with van der Waals surface area (Å²) in [5, 5.41) is 6.00. The van der Waals surface area contributed by atoms with Gasteiger partial charge in [0.05, 0.1) is 12.6 Å². The van der Waals surface area contributed by atoms with Gasteiger partial charge in [0, 0.05) is 29.1 Å². The molecule has 4 aromatic rings. The second kappa shape index (κ2) is 9.45. The summed E-state index contributed by atoms with van der Waals surface area (Å²) >= 11 is 0. The lowest BCUT2D eigenvalue weighted by Gasteiger charge is -2.13. The van der Waals surface area contributed by atoms with Crippen molar-refractivity contribution in [2.75, 3.05) is 7.11 Å². The molecule has 0 unspecified atom stereocenters. The quantitative estimate of drug-likeness (QED) is 0.379. The van der Waals surface area contributed by atoms with Gasteiger partial charge in [-0.2, -0.15) is 5.10 Å². The first-order valence-corrected chi connectivity index (χ1v) is 11.2. The van der Waals surface area contributed by atoms with Gasteiger partial charge in [-0.3, -0.25) is 4.68 Å². The largest absolute Gasteiger partial charge is 0.496 e. The van der Waals surface area contributed by atoms with E-state index in [4.69, 9.17) is 20.3 Å². The highest BCUT2D eigenvalue weighted by molar-refractivity contribution is 5.88. The van der Waals surface area contributed by atoms with Crippen molar-refractivity contribution in [2.24, 2.45) is 5.73 Å². The highest BCUT2D eigenvalue weighted by atomic mass is 16.5. The number of ether oxygens (including phenoxy) is 2. The molecule has 0 saturated heterocycles. The molecule has 1 aromatic heterocycles. The van der Waals surface area contributed by atoms with E-state index in [0.717, 1.165) is 51.2 Å². The molecule has 4 rings (SSSR count). The van der Waals surface area contributed by atoms with Gasteiger partial charge in [-0.25, -0.2) is 0 Å². The summed E-state index contributed by atoms with van der Waals surface area (Å²) < 4.78 is 14.0. The van der Waals surface area contributed by atoms with E-state index < -0.39 is 0 Å². The third-order valence-electron chi connectivity index (χ3n) is 5.82. The third kappa shape index (κ3) is 4.08. The number of hydrogen-bond donors (Lipinski definition) is 1. The average molecular weight is 430 g/mol. The maximum absolute atomic E-state index is 6.23. The Kier molecular flexibility index (Phi) is 6.47. The summed E-state index contributed by atoms with van der Waals surface area (Å²) in [5.74, 6) is 1.73. The van der Waals surface area contributed by atoms with Crippen LogP contribution in [0.2, 0.25) is 0 Å². The molecular formula is C27H31N3O2. The number of aromatic nitrogens is 2. The normalized spacial score (nSPS) is 11.3. The SMILES string of the molecule is CCc1ccccc1OCc1nn(C(C)C)c2ccc(-c3cccc(CN)c3OC)cc12. The zero-order valence-electron chi connectivity index (χ0n) is 19.3. The minimum absolute atomic E-state index is 0.245. The molecule has 32 heavy (non-hydrogen) atoms. The van der Waals surface area contributed by atoms with Crippen LogP contribution in [0.15, 0.2) is 60.7 Å². The number of nitrogens with two attached hydrogens (primary N) is 1. The van der Waals surface area contributed by atoms with Crippen LogP contribution < -0.4 is 15.2 Å². The van der Waals surface area contributed by atoms with Gasteiger partial charge >= 0.3 is 0 Å². The molecule has 166 valence electrons. The topological polar surface area (TPSA) is 62.3 Å². The van der Waals surface area contributed by atoms with E-state index >= 15 is 0 Å². The van der Waals surface area contributed by atoms with Crippen LogP contribution in [0.3, 0.4) is 0 Å². The fourth-order valence-corrected chi connectivity index (χ4v) is 4.17. The lowest BCUT2D eigenvalue weighted by molar-refractivity contribution is 0.297. The first-order valence-electron chi connectivity index (χ1n) is 11.2. The zero-order chi connectivity index (χ0) is 22.7. The Balaban J connectivity index is 1.78. The van der Waals surface area contributed by atoms with Crippen molar-refractivity contribution in [1.82, 2.24) is 9.78 Å². The Labute approximate surface area is 189 Å². The molecular weight excluding hydrogens is 398 g/mol. The number of fused-ring (bicyclic) bond motifs is 1. The summed E-state index contributed by atoms with van der Waals surface area (Å²) in [6, 6.07) is 21.0. The summed E-state index contributed by atoms with van der Waals surface area (Å²) in [7, 11) is 1.69. The molecule has 5 heteroatoms. The van der Waals surface area contributed by atoms with Gasteiger partial charge in [-0.1, -0.05) is 49.4 Å². The van der Waals surface area contributed by atoms with Crippen LogP contribution in [0.25, 0.3) is 22.0 Å².